The highest BCUT2D eigenvalue weighted by Gasteiger charge is 2.21. The predicted octanol–water partition coefficient (Wildman–Crippen LogP) is 3.96. The van der Waals surface area contributed by atoms with E-state index in [0.717, 1.165) is 17.9 Å². The smallest absolute Gasteiger partial charge is 0.407 e. The van der Waals surface area contributed by atoms with Crippen LogP contribution in [0.25, 0.3) is 0 Å². The van der Waals surface area contributed by atoms with Crippen molar-refractivity contribution in [1.29, 1.82) is 0 Å². The Morgan fingerprint density at radius 1 is 1.25 bits per heavy atom. The molecule has 0 unspecified atom stereocenters. The molecule has 0 heterocycles. The van der Waals surface area contributed by atoms with Gasteiger partial charge in [0.05, 0.1) is 0 Å². The molecule has 1 aliphatic rings. The van der Waals surface area contributed by atoms with Gasteiger partial charge in [-0.05, 0) is 36.7 Å². The quantitative estimate of drug-likeness (QED) is 0.835. The summed E-state index contributed by atoms with van der Waals surface area (Å²) in [6.45, 7) is 1.02. The Hall–Kier alpha value is -1.22. The van der Waals surface area contributed by atoms with Gasteiger partial charge in [-0.2, -0.15) is 0 Å². The molecule has 1 aromatic rings. The van der Waals surface area contributed by atoms with Crippen LogP contribution in [0.15, 0.2) is 30.3 Å². The van der Waals surface area contributed by atoms with E-state index >= 15 is 0 Å². The molecular weight excluding hydrogens is 274 g/mol. The van der Waals surface area contributed by atoms with Gasteiger partial charge in [0.2, 0.25) is 0 Å². The number of rotatable bonds is 5. The van der Waals surface area contributed by atoms with Crippen LogP contribution in [-0.4, -0.2) is 18.5 Å². The molecule has 0 aliphatic heterocycles. The maximum Gasteiger partial charge on any atom is 0.407 e. The topological polar surface area (TPSA) is 38.3 Å². The summed E-state index contributed by atoms with van der Waals surface area (Å²) in [6.07, 6.45) is 4.39. The highest BCUT2D eigenvalue weighted by Crippen LogP contribution is 2.29. The minimum Gasteiger partial charge on any atom is -0.445 e. The summed E-state index contributed by atoms with van der Waals surface area (Å²) < 4.78 is 5.20. The van der Waals surface area contributed by atoms with Crippen molar-refractivity contribution >= 4 is 17.7 Å². The van der Waals surface area contributed by atoms with E-state index in [1.807, 2.05) is 30.3 Å². The molecule has 0 saturated heterocycles. The van der Waals surface area contributed by atoms with Crippen LogP contribution in [0.4, 0.5) is 4.79 Å². The first kappa shape index (κ1) is 15.2. The molecule has 1 aliphatic carbocycles. The Labute approximate surface area is 125 Å². The highest BCUT2D eigenvalue weighted by atomic mass is 35.5. The van der Waals surface area contributed by atoms with Crippen LogP contribution < -0.4 is 5.32 Å². The van der Waals surface area contributed by atoms with Gasteiger partial charge >= 0.3 is 6.09 Å². The maximum atomic E-state index is 11.7. The number of benzene rings is 1. The van der Waals surface area contributed by atoms with Crippen molar-refractivity contribution in [1.82, 2.24) is 5.32 Å². The van der Waals surface area contributed by atoms with Gasteiger partial charge in [0, 0.05) is 12.4 Å². The van der Waals surface area contributed by atoms with Gasteiger partial charge < -0.3 is 10.1 Å². The van der Waals surface area contributed by atoms with E-state index in [2.05, 4.69) is 5.32 Å². The average molecular weight is 296 g/mol. The third-order valence-corrected chi connectivity index (χ3v) is 4.29. The standard InChI is InChI=1S/C16H22ClNO2/c17-10-14-7-4-8-15(9-14)11-18-16(19)20-12-13-5-2-1-3-6-13/h1-3,5-6,14-15H,4,7-12H2,(H,18,19)/t14-,15+/m1/s1. The van der Waals surface area contributed by atoms with Crippen LogP contribution in [0.5, 0.6) is 0 Å². The first-order chi connectivity index (χ1) is 9.78. The Bertz CT molecular complexity index is 410. The normalized spacial score (nSPS) is 22.2. The fourth-order valence-corrected chi connectivity index (χ4v) is 3.01. The molecule has 1 saturated carbocycles. The van der Waals surface area contributed by atoms with Crippen molar-refractivity contribution in [2.24, 2.45) is 11.8 Å². The minimum absolute atomic E-state index is 0.321. The number of carbonyl (C=O) groups is 1. The summed E-state index contributed by atoms with van der Waals surface area (Å²) in [5.41, 5.74) is 1.00. The lowest BCUT2D eigenvalue weighted by atomic mass is 9.82. The SMILES string of the molecule is O=C(NC[C@H]1CCC[C@@H](CCl)C1)OCc1ccccc1. The fraction of sp³-hybridized carbons (Fsp3) is 0.562. The molecule has 0 spiro atoms. The van der Waals surface area contributed by atoms with Gasteiger partial charge in [0.1, 0.15) is 6.61 Å². The molecule has 2 rings (SSSR count). The van der Waals surface area contributed by atoms with Crippen molar-refractivity contribution in [3.8, 4) is 0 Å². The Balaban J connectivity index is 1.65. The van der Waals surface area contributed by atoms with Gasteiger partial charge in [-0.25, -0.2) is 4.79 Å². The summed E-state index contributed by atoms with van der Waals surface area (Å²) >= 11 is 5.91. The average Bonchev–Trinajstić information content (AvgIpc) is 2.52. The monoisotopic (exact) mass is 295 g/mol. The van der Waals surface area contributed by atoms with Gasteiger partial charge in [-0.1, -0.05) is 36.8 Å². The lowest BCUT2D eigenvalue weighted by Crippen LogP contribution is -2.32. The molecule has 4 heteroatoms. The number of halogens is 1. The number of hydrogen-bond donors (Lipinski definition) is 1. The van der Waals surface area contributed by atoms with Crippen molar-refractivity contribution < 1.29 is 9.53 Å². The number of nitrogens with one attached hydrogen (secondary N) is 1. The second kappa shape index (κ2) is 8.15. The van der Waals surface area contributed by atoms with Crippen LogP contribution in [0.1, 0.15) is 31.2 Å². The third-order valence-electron chi connectivity index (χ3n) is 3.86. The molecule has 2 atom stereocenters. The Kier molecular flexibility index (Phi) is 6.19. The first-order valence-electron chi connectivity index (χ1n) is 7.28. The summed E-state index contributed by atoms with van der Waals surface area (Å²) in [5, 5.41) is 2.86. The molecule has 1 amide bonds. The van der Waals surface area contributed by atoms with Crippen molar-refractivity contribution in [2.75, 3.05) is 12.4 Å². The second-order valence-electron chi connectivity index (χ2n) is 5.50. The van der Waals surface area contributed by atoms with Gasteiger partial charge in [0.15, 0.2) is 0 Å². The lowest BCUT2D eigenvalue weighted by Gasteiger charge is -2.27. The van der Waals surface area contributed by atoms with Gasteiger partial charge in [0.25, 0.3) is 0 Å². The van der Waals surface area contributed by atoms with Crippen LogP contribution in [0.3, 0.4) is 0 Å². The van der Waals surface area contributed by atoms with E-state index < -0.39 is 0 Å². The zero-order chi connectivity index (χ0) is 14.2. The lowest BCUT2D eigenvalue weighted by molar-refractivity contribution is 0.136. The van der Waals surface area contributed by atoms with Crippen molar-refractivity contribution in [3.05, 3.63) is 35.9 Å². The van der Waals surface area contributed by atoms with Crippen LogP contribution in [0, 0.1) is 11.8 Å². The third kappa shape index (κ3) is 5.04. The van der Waals surface area contributed by atoms with E-state index in [9.17, 15) is 4.79 Å². The second-order valence-corrected chi connectivity index (χ2v) is 5.80. The Morgan fingerprint density at radius 2 is 2.00 bits per heavy atom. The number of alkyl halides is 1. The molecule has 0 aromatic heterocycles. The molecule has 0 bridgehead atoms. The number of amides is 1. The molecule has 1 aromatic carbocycles. The summed E-state index contributed by atoms with van der Waals surface area (Å²) in [4.78, 5) is 11.7. The fourth-order valence-electron chi connectivity index (χ4n) is 2.73. The van der Waals surface area contributed by atoms with E-state index in [1.54, 1.807) is 0 Å². The number of carbonyl (C=O) groups excluding carboxylic acids is 1. The molecule has 110 valence electrons. The number of hydrogen-bond acceptors (Lipinski definition) is 2. The zero-order valence-corrected chi connectivity index (χ0v) is 12.4. The molecular formula is C16H22ClNO2. The minimum atomic E-state index is -0.332. The summed E-state index contributed by atoms with van der Waals surface area (Å²) in [5.74, 6) is 1.88. The van der Waals surface area contributed by atoms with Crippen LogP contribution >= 0.6 is 11.6 Å². The number of alkyl carbamates (subject to hydrolysis) is 1. The van der Waals surface area contributed by atoms with Crippen LogP contribution in [-0.2, 0) is 11.3 Å². The molecule has 20 heavy (non-hydrogen) atoms. The van der Waals surface area contributed by atoms with Crippen molar-refractivity contribution in [2.45, 2.75) is 32.3 Å². The zero-order valence-electron chi connectivity index (χ0n) is 11.7. The number of ether oxygens (including phenoxy) is 1. The predicted molar refractivity (Wildman–Crippen MR) is 80.8 cm³/mol. The highest BCUT2D eigenvalue weighted by molar-refractivity contribution is 6.18. The van der Waals surface area contributed by atoms with Crippen LogP contribution in [0.2, 0.25) is 0 Å². The van der Waals surface area contributed by atoms with Gasteiger partial charge in [-0.15, -0.1) is 11.6 Å². The van der Waals surface area contributed by atoms with Crippen molar-refractivity contribution in [3.63, 3.8) is 0 Å². The largest absolute Gasteiger partial charge is 0.445 e. The molecule has 0 radical (unpaired) electrons. The van der Waals surface area contributed by atoms with Gasteiger partial charge in [-0.3, -0.25) is 0 Å². The summed E-state index contributed by atoms with van der Waals surface area (Å²) in [7, 11) is 0. The summed E-state index contributed by atoms with van der Waals surface area (Å²) in [6, 6.07) is 9.70. The van der Waals surface area contributed by atoms with E-state index in [1.165, 1.54) is 19.3 Å². The van der Waals surface area contributed by atoms with E-state index in [4.69, 9.17) is 16.3 Å². The molecule has 3 nitrogen and oxygen atoms in total. The van der Waals surface area contributed by atoms with E-state index in [-0.39, 0.29) is 6.09 Å². The molecule has 1 N–H and O–H groups in total. The Morgan fingerprint density at radius 3 is 2.75 bits per heavy atom. The first-order valence-corrected chi connectivity index (χ1v) is 7.82. The molecule has 1 fully saturated rings. The maximum absolute atomic E-state index is 11.7. The van der Waals surface area contributed by atoms with E-state index in [0.29, 0.717) is 25.0 Å².